The summed E-state index contributed by atoms with van der Waals surface area (Å²) in [5.74, 6) is 0.965. The monoisotopic (exact) mass is 561 g/mol. The molecule has 0 aliphatic heterocycles. The number of halogens is 3. The highest BCUT2D eigenvalue weighted by molar-refractivity contribution is 7.12. The molecule has 0 spiro atoms. The highest BCUT2D eigenvalue weighted by Gasteiger charge is 2.41. The first-order chi connectivity index (χ1) is 18.7. The van der Waals surface area contributed by atoms with Gasteiger partial charge in [0.25, 0.3) is 12.3 Å². The van der Waals surface area contributed by atoms with Crippen molar-refractivity contribution in [2.75, 3.05) is 11.9 Å². The molecule has 0 bridgehead atoms. The average Bonchev–Trinajstić information content (AvgIpc) is 3.60. The van der Waals surface area contributed by atoms with Gasteiger partial charge in [0.15, 0.2) is 0 Å². The Hall–Kier alpha value is -3.22. The molecule has 3 aromatic heterocycles. The van der Waals surface area contributed by atoms with Gasteiger partial charge in [0.2, 0.25) is 5.95 Å². The third-order valence-electron chi connectivity index (χ3n) is 8.08. The van der Waals surface area contributed by atoms with Crippen molar-refractivity contribution >= 4 is 34.8 Å². The Labute approximate surface area is 227 Å². The van der Waals surface area contributed by atoms with Crippen LogP contribution >= 0.6 is 11.3 Å². The standard InChI is InChI=1S/C26H30F3N7O2S/c1-12-5-15(12)19(37)9-21-23(25(38)30-10-13-6-17(13)27)16-7-14(3-4-20(16)39-21)36-11-31-33-26(36)32-22-8-18(24(28)29)34-35(22)2/h8,11-15,17,24H,3-7,9-10H2,1-2H3,(H,30,38)(H,32,33)/t12-,13+,14-,15-,17-/m0/s1. The highest BCUT2D eigenvalue weighted by atomic mass is 32.1. The summed E-state index contributed by atoms with van der Waals surface area (Å²) in [5, 5.41) is 18.0. The number of fused-ring (bicyclic) bond motifs is 1. The number of carbonyl (C=O) groups excluding carboxylic acids is 2. The lowest BCUT2D eigenvalue weighted by Gasteiger charge is -2.25. The Morgan fingerprint density at radius 3 is 2.72 bits per heavy atom. The van der Waals surface area contributed by atoms with E-state index in [1.807, 2.05) is 4.57 Å². The number of carbonyl (C=O) groups is 2. The number of nitrogens with one attached hydrogen (secondary N) is 2. The summed E-state index contributed by atoms with van der Waals surface area (Å²) in [5.41, 5.74) is 1.12. The second-order valence-corrected chi connectivity index (χ2v) is 12.1. The number of anilines is 2. The van der Waals surface area contributed by atoms with E-state index in [-0.39, 0.29) is 48.2 Å². The molecule has 2 saturated carbocycles. The predicted molar refractivity (Wildman–Crippen MR) is 138 cm³/mol. The van der Waals surface area contributed by atoms with Gasteiger partial charge in [0, 0.05) is 53.7 Å². The summed E-state index contributed by atoms with van der Waals surface area (Å²) in [6.07, 6.45) is 1.63. The first-order valence-corrected chi connectivity index (χ1v) is 14.1. The highest BCUT2D eigenvalue weighted by Crippen LogP contribution is 2.43. The van der Waals surface area contributed by atoms with Crippen LogP contribution in [0, 0.1) is 17.8 Å². The van der Waals surface area contributed by atoms with E-state index < -0.39 is 12.6 Å². The SMILES string of the molecule is C[C@H]1C[C@@H]1C(=O)Cc1sc2c(c1C(=O)NC[C@H]1C[C@@H]1F)C[C@@H](n1cnnc1Nc1cc(C(F)F)nn1C)CC2. The van der Waals surface area contributed by atoms with Gasteiger partial charge in [-0.1, -0.05) is 6.92 Å². The lowest BCUT2D eigenvalue weighted by Crippen LogP contribution is -2.29. The molecule has 0 aromatic carbocycles. The van der Waals surface area contributed by atoms with E-state index >= 15 is 0 Å². The van der Waals surface area contributed by atoms with Crippen LogP contribution in [0.25, 0.3) is 0 Å². The van der Waals surface area contributed by atoms with Crippen LogP contribution in [-0.4, -0.2) is 49.0 Å². The van der Waals surface area contributed by atoms with Crippen LogP contribution in [0.2, 0.25) is 0 Å². The number of nitrogens with zero attached hydrogens (tertiary/aromatic N) is 5. The van der Waals surface area contributed by atoms with Crippen molar-refractivity contribution in [1.82, 2.24) is 29.9 Å². The average molecular weight is 562 g/mol. The first-order valence-electron chi connectivity index (χ1n) is 13.3. The molecule has 0 saturated heterocycles. The Morgan fingerprint density at radius 1 is 1.28 bits per heavy atom. The summed E-state index contributed by atoms with van der Waals surface area (Å²) in [6, 6.07) is 1.18. The summed E-state index contributed by atoms with van der Waals surface area (Å²) in [4.78, 5) is 28.2. The van der Waals surface area contributed by atoms with Gasteiger partial charge in [-0.3, -0.25) is 18.8 Å². The van der Waals surface area contributed by atoms with Crippen LogP contribution in [0.3, 0.4) is 0 Å². The van der Waals surface area contributed by atoms with E-state index in [4.69, 9.17) is 0 Å². The van der Waals surface area contributed by atoms with Crippen LogP contribution in [-0.2, 0) is 31.1 Å². The minimum atomic E-state index is -2.69. The lowest BCUT2D eigenvalue weighted by atomic mass is 9.89. The van der Waals surface area contributed by atoms with Crippen molar-refractivity contribution < 1.29 is 22.8 Å². The molecule has 3 aliphatic rings. The van der Waals surface area contributed by atoms with Crippen LogP contribution in [0.5, 0.6) is 0 Å². The minimum Gasteiger partial charge on any atom is -0.352 e. The lowest BCUT2D eigenvalue weighted by molar-refractivity contribution is -0.119. The van der Waals surface area contributed by atoms with Crippen molar-refractivity contribution in [3.8, 4) is 0 Å². The van der Waals surface area contributed by atoms with Crippen LogP contribution < -0.4 is 10.6 Å². The number of hydrogen-bond donors (Lipinski definition) is 2. The molecule has 208 valence electrons. The maximum absolute atomic E-state index is 13.4. The van der Waals surface area contributed by atoms with Gasteiger partial charge in [-0.25, -0.2) is 13.2 Å². The minimum absolute atomic E-state index is 0.0646. The number of thiophene rings is 1. The third-order valence-corrected chi connectivity index (χ3v) is 9.37. The molecular weight excluding hydrogens is 531 g/mol. The van der Waals surface area contributed by atoms with E-state index in [1.165, 1.54) is 22.1 Å². The van der Waals surface area contributed by atoms with Gasteiger partial charge in [0.05, 0.1) is 5.56 Å². The largest absolute Gasteiger partial charge is 0.352 e. The van der Waals surface area contributed by atoms with Gasteiger partial charge in [0.1, 0.15) is 29.8 Å². The van der Waals surface area contributed by atoms with E-state index in [0.29, 0.717) is 42.5 Å². The van der Waals surface area contributed by atoms with Crippen LogP contribution in [0.4, 0.5) is 24.9 Å². The van der Waals surface area contributed by atoms with Gasteiger partial charge >= 0.3 is 0 Å². The van der Waals surface area contributed by atoms with E-state index in [1.54, 1.807) is 13.4 Å². The normalized spacial score (nSPS) is 25.4. The van der Waals surface area contributed by atoms with Crippen molar-refractivity contribution in [1.29, 1.82) is 0 Å². The van der Waals surface area contributed by atoms with Crippen molar-refractivity contribution in [2.24, 2.45) is 24.8 Å². The molecular formula is C26H30F3N7O2S. The fourth-order valence-corrected chi connectivity index (χ4v) is 6.83. The summed E-state index contributed by atoms with van der Waals surface area (Å²) in [7, 11) is 1.57. The zero-order valence-corrected chi connectivity index (χ0v) is 22.5. The van der Waals surface area contributed by atoms with Crippen LogP contribution in [0.15, 0.2) is 12.4 Å². The van der Waals surface area contributed by atoms with Crippen molar-refractivity contribution in [3.63, 3.8) is 0 Å². The van der Waals surface area contributed by atoms with Crippen LogP contribution in [0.1, 0.15) is 70.0 Å². The number of Topliss-reactive ketones (excluding diaryl/α,β-unsaturated/α-hetero) is 1. The summed E-state index contributed by atoms with van der Waals surface area (Å²) in [6.45, 7) is 2.35. The van der Waals surface area contributed by atoms with Gasteiger partial charge < -0.3 is 10.6 Å². The number of ketones is 1. The maximum Gasteiger partial charge on any atom is 0.282 e. The Bertz CT molecular complexity index is 1420. The molecule has 3 aliphatic carbocycles. The van der Waals surface area contributed by atoms with E-state index in [2.05, 4.69) is 32.9 Å². The van der Waals surface area contributed by atoms with Crippen molar-refractivity contribution in [2.45, 2.75) is 64.1 Å². The molecule has 3 heterocycles. The van der Waals surface area contributed by atoms with Crippen molar-refractivity contribution in [3.05, 3.63) is 39.0 Å². The zero-order valence-electron chi connectivity index (χ0n) is 21.7. The number of aryl methyl sites for hydroxylation is 2. The Morgan fingerprint density at radius 2 is 2.05 bits per heavy atom. The molecule has 9 nitrogen and oxygen atoms in total. The zero-order chi connectivity index (χ0) is 27.4. The molecule has 3 aromatic rings. The molecule has 2 N–H and O–H groups in total. The molecule has 6 rings (SSSR count). The number of alkyl halides is 3. The Balaban J connectivity index is 1.25. The molecule has 0 unspecified atom stereocenters. The molecule has 39 heavy (non-hydrogen) atoms. The second-order valence-electron chi connectivity index (χ2n) is 10.9. The second kappa shape index (κ2) is 10.1. The topological polar surface area (TPSA) is 107 Å². The fourth-order valence-electron chi connectivity index (χ4n) is 5.47. The number of hydrogen-bond acceptors (Lipinski definition) is 7. The first kappa shape index (κ1) is 26.0. The smallest absolute Gasteiger partial charge is 0.282 e. The van der Waals surface area contributed by atoms with E-state index in [9.17, 15) is 22.8 Å². The third kappa shape index (κ3) is 5.20. The maximum atomic E-state index is 13.4. The Kier molecular flexibility index (Phi) is 6.72. The van der Waals surface area contributed by atoms with E-state index in [0.717, 1.165) is 28.2 Å². The number of rotatable bonds is 10. The summed E-state index contributed by atoms with van der Waals surface area (Å²) >= 11 is 1.53. The number of amides is 1. The molecule has 5 atom stereocenters. The summed E-state index contributed by atoms with van der Waals surface area (Å²) < 4.78 is 42.8. The number of aromatic nitrogens is 5. The molecule has 1 amide bonds. The fraction of sp³-hybridized carbons (Fsp3) is 0.577. The van der Waals surface area contributed by atoms with Gasteiger partial charge in [-0.15, -0.1) is 21.5 Å². The molecule has 13 heteroatoms. The quantitative estimate of drug-likeness (QED) is 0.382. The van der Waals surface area contributed by atoms with Gasteiger partial charge in [-0.2, -0.15) is 5.10 Å². The molecule has 2 fully saturated rings. The van der Waals surface area contributed by atoms with Gasteiger partial charge in [-0.05, 0) is 43.6 Å². The molecule has 0 radical (unpaired) electrons. The predicted octanol–water partition coefficient (Wildman–Crippen LogP) is 4.34.